The van der Waals surface area contributed by atoms with Crippen LogP contribution in [0.4, 0.5) is 5.69 Å². The third-order valence-electron chi connectivity index (χ3n) is 4.15. The zero-order valence-corrected chi connectivity index (χ0v) is 14.3. The first-order valence-electron chi connectivity index (χ1n) is 7.86. The average molecular weight is 339 g/mol. The monoisotopic (exact) mass is 339 g/mol. The van der Waals surface area contributed by atoms with E-state index in [0.29, 0.717) is 5.16 Å². The topological polar surface area (TPSA) is 72.2 Å². The summed E-state index contributed by atoms with van der Waals surface area (Å²) in [4.78, 5) is 17.0. The summed E-state index contributed by atoms with van der Waals surface area (Å²) in [5.41, 5.74) is 3.75. The molecule has 1 amide bonds. The van der Waals surface area contributed by atoms with Crippen molar-refractivity contribution in [3.8, 4) is 0 Å². The molecule has 1 atom stereocenters. The summed E-state index contributed by atoms with van der Waals surface area (Å²) in [6.07, 6.45) is 1.63. The Bertz CT molecular complexity index is 936. The number of rotatable bonds is 2. The van der Waals surface area contributed by atoms with Gasteiger partial charge in [0.25, 0.3) is 0 Å². The van der Waals surface area contributed by atoms with Crippen LogP contribution >= 0.6 is 11.8 Å². The highest BCUT2D eigenvalue weighted by atomic mass is 32.2. The van der Waals surface area contributed by atoms with Crippen LogP contribution in [-0.2, 0) is 11.2 Å². The number of nitrogens with one attached hydrogen (secondary N) is 1. The van der Waals surface area contributed by atoms with Gasteiger partial charge in [-0.05, 0) is 38.3 Å². The van der Waals surface area contributed by atoms with Gasteiger partial charge in [0, 0.05) is 17.4 Å². The molecule has 0 saturated heterocycles. The second-order valence-corrected chi connectivity index (χ2v) is 7.08. The smallest absolute Gasteiger partial charge is 0.237 e. The number of para-hydroxylation sites is 1. The number of aromatic nitrogens is 4. The molecule has 3 aromatic rings. The van der Waals surface area contributed by atoms with Crippen molar-refractivity contribution in [1.29, 1.82) is 0 Å². The van der Waals surface area contributed by atoms with Gasteiger partial charge in [-0.3, -0.25) is 9.20 Å². The number of hydrogen-bond donors (Lipinski definition) is 1. The van der Waals surface area contributed by atoms with Gasteiger partial charge in [0.2, 0.25) is 5.91 Å². The molecular weight excluding hydrogens is 322 g/mol. The third-order valence-corrected chi connectivity index (χ3v) is 5.36. The number of carbonyl (C=O) groups is 1. The number of benzene rings is 1. The van der Waals surface area contributed by atoms with Crippen LogP contribution in [0.25, 0.3) is 5.65 Å². The van der Waals surface area contributed by atoms with Crippen molar-refractivity contribution < 1.29 is 4.79 Å². The van der Waals surface area contributed by atoms with Gasteiger partial charge >= 0.3 is 0 Å². The van der Waals surface area contributed by atoms with E-state index in [4.69, 9.17) is 0 Å². The van der Waals surface area contributed by atoms with Crippen molar-refractivity contribution >= 4 is 29.0 Å². The highest BCUT2D eigenvalue weighted by molar-refractivity contribution is 8.00. The van der Waals surface area contributed by atoms with E-state index >= 15 is 0 Å². The van der Waals surface area contributed by atoms with Crippen LogP contribution in [0.3, 0.4) is 0 Å². The minimum atomic E-state index is -0.203. The molecule has 0 aliphatic carbocycles. The van der Waals surface area contributed by atoms with E-state index in [9.17, 15) is 4.79 Å². The average Bonchev–Trinajstić information content (AvgIpc) is 2.87. The maximum atomic E-state index is 12.6. The Labute approximate surface area is 143 Å². The molecule has 0 spiro atoms. The zero-order valence-electron chi connectivity index (χ0n) is 13.5. The Morgan fingerprint density at radius 1 is 1.25 bits per heavy atom. The SMILES string of the molecule is Cc1cc2nnc(S[C@@H]3CCc4ccccc4NC3=O)n2c(C)n1. The van der Waals surface area contributed by atoms with Crippen LogP contribution in [0, 0.1) is 13.8 Å². The first-order valence-corrected chi connectivity index (χ1v) is 8.74. The fraction of sp³-hybridized carbons (Fsp3) is 0.294. The molecule has 0 saturated carbocycles. The standard InChI is InChI=1S/C17H17N5OS/c1-10-9-15-20-21-17(22(15)11(2)18-10)24-14-8-7-12-5-3-4-6-13(12)19-16(14)23/h3-6,9,14H,7-8H2,1-2H3,(H,19,23)/t14-/m1/s1. The summed E-state index contributed by atoms with van der Waals surface area (Å²) in [6, 6.07) is 9.85. The van der Waals surface area contributed by atoms with Crippen LogP contribution in [0.15, 0.2) is 35.5 Å². The van der Waals surface area contributed by atoms with Gasteiger partial charge in [-0.15, -0.1) is 10.2 Å². The normalized spacial score (nSPS) is 17.4. The van der Waals surface area contributed by atoms with Crippen LogP contribution in [0.5, 0.6) is 0 Å². The fourth-order valence-electron chi connectivity index (χ4n) is 3.01. The number of carbonyl (C=O) groups excluding carboxylic acids is 1. The predicted molar refractivity (Wildman–Crippen MR) is 93.3 cm³/mol. The highest BCUT2D eigenvalue weighted by Gasteiger charge is 2.26. The van der Waals surface area contributed by atoms with Crippen LogP contribution in [-0.4, -0.2) is 30.7 Å². The number of nitrogens with zero attached hydrogens (tertiary/aromatic N) is 4. The van der Waals surface area contributed by atoms with Gasteiger partial charge in [-0.2, -0.15) is 0 Å². The Kier molecular flexibility index (Phi) is 3.72. The lowest BCUT2D eigenvalue weighted by molar-refractivity contribution is -0.115. The number of amides is 1. The first kappa shape index (κ1) is 15.1. The van der Waals surface area contributed by atoms with Crippen molar-refractivity contribution in [2.75, 3.05) is 5.32 Å². The molecule has 0 radical (unpaired) electrons. The minimum absolute atomic E-state index is 0.0134. The van der Waals surface area contributed by atoms with E-state index in [1.807, 2.05) is 42.5 Å². The lowest BCUT2D eigenvalue weighted by Gasteiger charge is -2.12. The summed E-state index contributed by atoms with van der Waals surface area (Å²) >= 11 is 1.45. The largest absolute Gasteiger partial charge is 0.325 e. The van der Waals surface area contributed by atoms with Crippen molar-refractivity contribution in [1.82, 2.24) is 19.6 Å². The van der Waals surface area contributed by atoms with Gasteiger partial charge in [-0.25, -0.2) is 4.98 Å². The fourth-order valence-corrected chi connectivity index (χ4v) is 4.09. The molecule has 0 fully saturated rings. The molecule has 7 heteroatoms. The summed E-state index contributed by atoms with van der Waals surface area (Å²) in [6.45, 7) is 3.86. The van der Waals surface area contributed by atoms with Crippen molar-refractivity contribution in [3.63, 3.8) is 0 Å². The molecule has 4 rings (SSSR count). The summed E-state index contributed by atoms with van der Waals surface area (Å²) in [5, 5.41) is 12.0. The first-order chi connectivity index (χ1) is 11.6. The van der Waals surface area contributed by atoms with Crippen LogP contribution in [0.2, 0.25) is 0 Å². The Morgan fingerprint density at radius 3 is 2.96 bits per heavy atom. The molecule has 6 nitrogen and oxygen atoms in total. The maximum Gasteiger partial charge on any atom is 0.237 e. The van der Waals surface area contributed by atoms with Crippen molar-refractivity contribution in [2.24, 2.45) is 0 Å². The van der Waals surface area contributed by atoms with Gasteiger partial charge < -0.3 is 5.32 Å². The second-order valence-electron chi connectivity index (χ2n) is 5.91. The van der Waals surface area contributed by atoms with Crippen molar-refractivity contribution in [2.45, 2.75) is 37.1 Å². The quantitative estimate of drug-likeness (QED) is 0.777. The van der Waals surface area contributed by atoms with E-state index in [1.165, 1.54) is 17.3 Å². The Morgan fingerprint density at radius 2 is 2.08 bits per heavy atom. The molecule has 122 valence electrons. The zero-order chi connectivity index (χ0) is 16.7. The summed E-state index contributed by atoms with van der Waals surface area (Å²) < 4.78 is 1.91. The van der Waals surface area contributed by atoms with Crippen molar-refractivity contribution in [3.05, 3.63) is 47.4 Å². The lowest BCUT2D eigenvalue weighted by atomic mass is 10.1. The third kappa shape index (κ3) is 2.65. The van der Waals surface area contributed by atoms with Gasteiger partial charge in [0.05, 0.1) is 5.25 Å². The second kappa shape index (κ2) is 5.90. The maximum absolute atomic E-state index is 12.6. The number of fused-ring (bicyclic) bond motifs is 2. The number of aryl methyl sites for hydroxylation is 3. The molecular formula is C17H17N5OS. The van der Waals surface area contributed by atoms with Gasteiger partial charge in [0.15, 0.2) is 10.8 Å². The van der Waals surface area contributed by atoms with E-state index in [2.05, 4.69) is 26.6 Å². The molecule has 2 aromatic heterocycles. The molecule has 3 heterocycles. The predicted octanol–water partition coefficient (Wildman–Crippen LogP) is 2.79. The molecule has 1 aromatic carbocycles. The molecule has 1 N–H and O–H groups in total. The van der Waals surface area contributed by atoms with E-state index in [0.717, 1.165) is 35.7 Å². The molecule has 0 unspecified atom stereocenters. The minimum Gasteiger partial charge on any atom is -0.325 e. The lowest BCUT2D eigenvalue weighted by Crippen LogP contribution is -2.24. The van der Waals surface area contributed by atoms with Crippen LogP contribution in [0.1, 0.15) is 23.5 Å². The van der Waals surface area contributed by atoms with Gasteiger partial charge in [-0.1, -0.05) is 30.0 Å². The Balaban J connectivity index is 1.63. The summed E-state index contributed by atoms with van der Waals surface area (Å²) in [5.74, 6) is 0.842. The number of hydrogen-bond acceptors (Lipinski definition) is 5. The molecule has 1 aliphatic rings. The van der Waals surface area contributed by atoms with E-state index in [1.54, 1.807) is 0 Å². The van der Waals surface area contributed by atoms with Gasteiger partial charge in [0.1, 0.15) is 5.82 Å². The summed E-state index contributed by atoms with van der Waals surface area (Å²) in [7, 11) is 0. The highest BCUT2D eigenvalue weighted by Crippen LogP contribution is 2.31. The molecule has 0 bridgehead atoms. The number of anilines is 1. The Hall–Kier alpha value is -2.41. The molecule has 1 aliphatic heterocycles. The van der Waals surface area contributed by atoms with E-state index < -0.39 is 0 Å². The van der Waals surface area contributed by atoms with Crippen LogP contribution < -0.4 is 5.32 Å². The van der Waals surface area contributed by atoms with E-state index in [-0.39, 0.29) is 11.2 Å². The number of thioether (sulfide) groups is 1. The molecule has 24 heavy (non-hydrogen) atoms.